The van der Waals surface area contributed by atoms with E-state index in [1.165, 1.54) is 0 Å². The van der Waals surface area contributed by atoms with Crippen LogP contribution in [0.2, 0.25) is 0 Å². The molecule has 0 aliphatic rings. The molecule has 0 rings (SSSR count). The van der Waals surface area contributed by atoms with Gasteiger partial charge in [0.2, 0.25) is 0 Å². The van der Waals surface area contributed by atoms with E-state index in [1.807, 2.05) is 0 Å². The minimum absolute atomic E-state index is 0. The Balaban J connectivity index is 0. The zero-order valence-corrected chi connectivity index (χ0v) is 6.12. The van der Waals surface area contributed by atoms with Gasteiger partial charge in [0.15, 0.2) is 0 Å². The van der Waals surface area contributed by atoms with E-state index in [0.717, 1.165) is 0 Å². The third-order valence-corrected chi connectivity index (χ3v) is 0. The Morgan fingerprint density at radius 2 is 0.750 bits per heavy atom. The quantitative estimate of drug-likeness (QED) is 0.552. The van der Waals surface area contributed by atoms with E-state index >= 15 is 0 Å². The first kappa shape index (κ1) is 26.8. The van der Waals surface area contributed by atoms with Crippen LogP contribution < -0.4 is 0 Å². The SMILES string of the molecule is Cl.Cl.[CsH].[Zn]. The average molecular weight is 272 g/mol. The van der Waals surface area contributed by atoms with E-state index < -0.39 is 0 Å². The average Bonchev–Trinajstić information content (AvgIpc) is 0. The standard InChI is InChI=1S/2ClH.Cs.Zn.H/h2*1H;;;. The van der Waals surface area contributed by atoms with Gasteiger partial charge in [-0.15, -0.1) is 24.8 Å². The molecule has 0 spiro atoms. The molecule has 0 unspecified atom stereocenters. The van der Waals surface area contributed by atoms with Crippen molar-refractivity contribution in [2.75, 3.05) is 0 Å². The van der Waals surface area contributed by atoms with E-state index in [-0.39, 0.29) is 113 Å². The van der Waals surface area contributed by atoms with E-state index in [9.17, 15) is 0 Å². The van der Waals surface area contributed by atoms with Gasteiger partial charge in [-0.1, -0.05) is 0 Å². The van der Waals surface area contributed by atoms with E-state index in [1.54, 1.807) is 0 Å². The van der Waals surface area contributed by atoms with Crippen LogP contribution in [0.3, 0.4) is 0 Å². The third-order valence-electron chi connectivity index (χ3n) is 0. The Bertz CT molecular complexity index is 6.00. The molecule has 0 heterocycles. The molecule has 0 saturated carbocycles. The van der Waals surface area contributed by atoms with Crippen LogP contribution in [0.5, 0.6) is 0 Å². The van der Waals surface area contributed by atoms with E-state index in [2.05, 4.69) is 0 Å². The fourth-order valence-electron chi connectivity index (χ4n) is 0. The van der Waals surface area contributed by atoms with Crippen molar-refractivity contribution in [1.82, 2.24) is 0 Å². The van der Waals surface area contributed by atoms with Crippen LogP contribution in [0.25, 0.3) is 0 Å². The monoisotopic (exact) mass is 270 g/mol. The zero-order valence-electron chi connectivity index (χ0n) is 1.52. The molecule has 0 fully saturated rings. The van der Waals surface area contributed by atoms with Gasteiger partial charge in [0.1, 0.15) is 0 Å². The predicted octanol–water partition coefficient (Wildman–Crippen LogP) is 0.193. The Kier molecular flexibility index (Phi) is 109. The fraction of sp³-hybridized carbons (Fsp3) is 0. The van der Waals surface area contributed by atoms with Gasteiger partial charge in [-0.25, -0.2) is 0 Å². The van der Waals surface area contributed by atoms with Crippen molar-refractivity contribution in [3.8, 4) is 0 Å². The molecular weight excluding hydrogens is 269 g/mol. The van der Waals surface area contributed by atoms with Gasteiger partial charge >= 0.3 is 68.9 Å². The second-order valence-electron chi connectivity index (χ2n) is 0. The molecule has 0 bridgehead atoms. The summed E-state index contributed by atoms with van der Waals surface area (Å²) < 4.78 is 0. The number of rotatable bonds is 0. The fourth-order valence-corrected chi connectivity index (χ4v) is 0. The predicted molar refractivity (Wildman–Crippen MR) is 21.6 cm³/mol. The van der Waals surface area contributed by atoms with Crippen molar-refractivity contribution < 1.29 is 19.5 Å². The van der Waals surface area contributed by atoms with Gasteiger partial charge in [0.25, 0.3) is 0 Å². The van der Waals surface area contributed by atoms with Gasteiger partial charge in [0, 0.05) is 19.5 Å². The van der Waals surface area contributed by atoms with Crippen molar-refractivity contribution in [2.45, 2.75) is 0 Å². The first-order chi connectivity index (χ1) is 0. The topological polar surface area (TPSA) is 0 Å². The summed E-state index contributed by atoms with van der Waals surface area (Å²) in [7, 11) is 0. The molecule has 20 valence electrons. The molecule has 0 aromatic rings. The molecule has 0 aliphatic carbocycles. The summed E-state index contributed by atoms with van der Waals surface area (Å²) in [6, 6.07) is 0. The van der Waals surface area contributed by atoms with Crippen LogP contribution >= 0.6 is 24.8 Å². The van der Waals surface area contributed by atoms with E-state index in [0.29, 0.717) is 0 Å². The van der Waals surface area contributed by atoms with Crippen molar-refractivity contribution >= 4 is 93.7 Å². The second-order valence-corrected chi connectivity index (χ2v) is 0. The molecule has 0 nitrogen and oxygen atoms in total. The van der Waals surface area contributed by atoms with Crippen LogP contribution in [0.4, 0.5) is 0 Å². The summed E-state index contributed by atoms with van der Waals surface area (Å²) in [6.07, 6.45) is 0. The Morgan fingerprint density at radius 3 is 0.750 bits per heavy atom. The van der Waals surface area contributed by atoms with Crippen molar-refractivity contribution in [2.24, 2.45) is 0 Å². The van der Waals surface area contributed by atoms with Gasteiger partial charge in [-0.2, -0.15) is 0 Å². The second kappa shape index (κ2) is 16.3. The molecule has 0 amide bonds. The van der Waals surface area contributed by atoms with Crippen LogP contribution in [-0.2, 0) is 19.5 Å². The molecule has 4 heteroatoms. The van der Waals surface area contributed by atoms with Gasteiger partial charge < -0.3 is 0 Å². The number of halogens is 2. The molecule has 0 aromatic heterocycles. The van der Waals surface area contributed by atoms with Crippen molar-refractivity contribution in [1.29, 1.82) is 0 Å². The summed E-state index contributed by atoms with van der Waals surface area (Å²) in [4.78, 5) is 0. The zero-order chi connectivity index (χ0) is 0. The Hall–Kier alpha value is 3.26. The molecule has 0 aromatic carbocycles. The largest absolute Gasteiger partial charge is 0 e. The van der Waals surface area contributed by atoms with E-state index in [4.69, 9.17) is 0 Å². The van der Waals surface area contributed by atoms with Crippen molar-refractivity contribution in [3.63, 3.8) is 0 Å². The van der Waals surface area contributed by atoms with Gasteiger partial charge in [-0.3, -0.25) is 0 Å². The summed E-state index contributed by atoms with van der Waals surface area (Å²) in [5, 5.41) is 0. The minimum Gasteiger partial charge on any atom is 0 e. The number of hydrogen-bond acceptors (Lipinski definition) is 0. The number of hydrogen-bond donors (Lipinski definition) is 0. The normalized spacial score (nSPS) is 0. The van der Waals surface area contributed by atoms with Crippen LogP contribution in [-0.4, -0.2) is 68.9 Å². The summed E-state index contributed by atoms with van der Waals surface area (Å²) in [6.45, 7) is 0. The molecule has 4 heavy (non-hydrogen) atoms. The Morgan fingerprint density at radius 1 is 0.750 bits per heavy atom. The molecule has 0 aliphatic heterocycles. The van der Waals surface area contributed by atoms with Crippen LogP contribution in [0.1, 0.15) is 0 Å². The maximum atomic E-state index is 0. The minimum atomic E-state index is 0. The van der Waals surface area contributed by atoms with Crippen LogP contribution in [0, 0.1) is 0 Å². The van der Waals surface area contributed by atoms with Gasteiger partial charge in [-0.05, 0) is 0 Å². The molecule has 0 N–H and O–H groups in total. The molecule has 0 atom stereocenters. The first-order valence-corrected chi connectivity index (χ1v) is 0. The first-order valence-electron chi connectivity index (χ1n) is 0. The third kappa shape index (κ3) is 8.98. The summed E-state index contributed by atoms with van der Waals surface area (Å²) >= 11 is 0. The van der Waals surface area contributed by atoms with Crippen molar-refractivity contribution in [3.05, 3.63) is 0 Å². The summed E-state index contributed by atoms with van der Waals surface area (Å²) in [5.74, 6) is 0. The maximum Gasteiger partial charge on any atom is 0 e. The summed E-state index contributed by atoms with van der Waals surface area (Å²) in [5.41, 5.74) is 0. The maximum absolute atomic E-state index is 0. The molecule has 0 radical (unpaired) electrons. The molecule has 0 saturated heterocycles. The Labute approximate surface area is 110 Å². The van der Waals surface area contributed by atoms with Gasteiger partial charge in [0.05, 0.1) is 0 Å². The smallest absolute Gasteiger partial charge is 0 e. The van der Waals surface area contributed by atoms with Crippen LogP contribution in [0.15, 0.2) is 0 Å². The molecular formula is H3Cl2CsZn.